The third-order valence-corrected chi connectivity index (χ3v) is 4.71. The number of rotatable bonds is 1. The van der Waals surface area contributed by atoms with E-state index in [4.69, 9.17) is 4.74 Å². The van der Waals surface area contributed by atoms with Gasteiger partial charge < -0.3 is 15.0 Å². The minimum atomic E-state index is -0.231. The Morgan fingerprint density at radius 3 is 2.92 bits per heavy atom. The summed E-state index contributed by atoms with van der Waals surface area (Å²) in [7, 11) is 0. The van der Waals surface area contributed by atoms with Gasteiger partial charge in [-0.25, -0.2) is 0 Å². The van der Waals surface area contributed by atoms with Crippen molar-refractivity contribution in [2.45, 2.75) is 39.0 Å². The molecular formula is C18H20N4O3. The van der Waals surface area contributed by atoms with E-state index >= 15 is 0 Å². The second-order valence-electron chi connectivity index (χ2n) is 6.62. The van der Waals surface area contributed by atoms with Crippen LogP contribution in [0.1, 0.15) is 47.3 Å². The summed E-state index contributed by atoms with van der Waals surface area (Å²) in [5.74, 6) is -0.432. The van der Waals surface area contributed by atoms with Crippen LogP contribution >= 0.6 is 0 Å². The Balaban J connectivity index is 1.67. The van der Waals surface area contributed by atoms with Gasteiger partial charge in [0.05, 0.1) is 17.9 Å². The van der Waals surface area contributed by atoms with Crippen LogP contribution in [0.3, 0.4) is 0 Å². The van der Waals surface area contributed by atoms with Crippen LogP contribution in [-0.2, 0) is 22.5 Å². The fourth-order valence-electron chi connectivity index (χ4n) is 3.55. The highest BCUT2D eigenvalue weighted by molar-refractivity contribution is 6.00. The Bertz CT molecular complexity index is 845. The van der Waals surface area contributed by atoms with Crippen LogP contribution in [0.15, 0.2) is 24.3 Å². The SMILES string of the molecule is C[C@@H]1Cc2c(C(=O)N3CC(=O)Nc4ccccc4C3)n[nH]c2[C@H](C)O1. The van der Waals surface area contributed by atoms with Crippen LogP contribution in [0.4, 0.5) is 5.69 Å². The predicted molar refractivity (Wildman–Crippen MR) is 91.1 cm³/mol. The largest absolute Gasteiger partial charge is 0.369 e. The molecule has 7 heteroatoms. The molecule has 0 spiro atoms. The summed E-state index contributed by atoms with van der Waals surface area (Å²) in [6.07, 6.45) is 0.536. The lowest BCUT2D eigenvalue weighted by atomic mass is 9.99. The van der Waals surface area contributed by atoms with Crippen molar-refractivity contribution in [3.63, 3.8) is 0 Å². The van der Waals surface area contributed by atoms with E-state index in [2.05, 4.69) is 15.5 Å². The first kappa shape index (κ1) is 15.8. The number of anilines is 1. The van der Waals surface area contributed by atoms with Crippen molar-refractivity contribution in [3.8, 4) is 0 Å². The molecule has 0 saturated heterocycles. The van der Waals surface area contributed by atoms with Crippen molar-refractivity contribution in [1.29, 1.82) is 0 Å². The summed E-state index contributed by atoms with van der Waals surface area (Å²) in [6, 6.07) is 7.52. The maximum absolute atomic E-state index is 13.1. The number of fused-ring (bicyclic) bond motifs is 2. The highest BCUT2D eigenvalue weighted by Gasteiger charge is 2.32. The first-order valence-electron chi connectivity index (χ1n) is 8.42. The van der Waals surface area contributed by atoms with Gasteiger partial charge in [-0.05, 0) is 25.5 Å². The Morgan fingerprint density at radius 1 is 1.28 bits per heavy atom. The Hall–Kier alpha value is -2.67. The summed E-state index contributed by atoms with van der Waals surface area (Å²) in [4.78, 5) is 26.8. The zero-order valence-corrected chi connectivity index (χ0v) is 14.2. The molecule has 7 nitrogen and oxygen atoms in total. The van der Waals surface area contributed by atoms with Gasteiger partial charge in [-0.2, -0.15) is 5.10 Å². The maximum Gasteiger partial charge on any atom is 0.275 e. The zero-order valence-electron chi connectivity index (χ0n) is 14.2. The molecule has 2 N–H and O–H groups in total. The molecular weight excluding hydrogens is 320 g/mol. The van der Waals surface area contributed by atoms with Gasteiger partial charge in [0.25, 0.3) is 5.91 Å². The van der Waals surface area contributed by atoms with E-state index in [1.165, 1.54) is 0 Å². The van der Waals surface area contributed by atoms with Crippen molar-refractivity contribution < 1.29 is 14.3 Å². The minimum absolute atomic E-state index is 0.0107. The average Bonchev–Trinajstić information content (AvgIpc) is 2.90. The van der Waals surface area contributed by atoms with Crippen LogP contribution < -0.4 is 5.32 Å². The van der Waals surface area contributed by atoms with E-state index in [-0.39, 0.29) is 30.6 Å². The molecule has 0 fully saturated rings. The fourth-order valence-corrected chi connectivity index (χ4v) is 3.55. The fraction of sp³-hybridized carbons (Fsp3) is 0.389. The van der Waals surface area contributed by atoms with E-state index in [0.29, 0.717) is 18.7 Å². The van der Waals surface area contributed by atoms with Crippen molar-refractivity contribution in [1.82, 2.24) is 15.1 Å². The number of aromatic nitrogens is 2. The number of para-hydroxylation sites is 1. The number of H-pyrrole nitrogens is 1. The highest BCUT2D eigenvalue weighted by Crippen LogP contribution is 2.31. The molecule has 0 aliphatic carbocycles. The molecule has 1 aromatic heterocycles. The number of benzene rings is 1. The molecule has 2 atom stereocenters. The van der Waals surface area contributed by atoms with E-state index in [0.717, 1.165) is 22.5 Å². The van der Waals surface area contributed by atoms with Gasteiger partial charge in [0.1, 0.15) is 6.54 Å². The van der Waals surface area contributed by atoms with E-state index in [1.807, 2.05) is 38.1 Å². The number of hydrogen-bond donors (Lipinski definition) is 2. The molecule has 1 aromatic carbocycles. The number of ether oxygens (including phenoxy) is 1. The topological polar surface area (TPSA) is 87.3 Å². The first-order chi connectivity index (χ1) is 12.0. The monoisotopic (exact) mass is 340 g/mol. The molecule has 130 valence electrons. The van der Waals surface area contributed by atoms with Gasteiger partial charge in [-0.3, -0.25) is 14.7 Å². The highest BCUT2D eigenvalue weighted by atomic mass is 16.5. The van der Waals surface area contributed by atoms with Gasteiger partial charge in [-0.15, -0.1) is 0 Å². The third kappa shape index (κ3) is 2.80. The lowest BCUT2D eigenvalue weighted by Crippen LogP contribution is -2.36. The second-order valence-corrected chi connectivity index (χ2v) is 6.62. The standard InChI is InChI=1S/C18H20N4O3/c1-10-7-13-16(11(2)25-10)20-21-17(13)18(24)22-8-12-5-3-4-6-14(12)19-15(23)9-22/h3-6,10-11H,7-9H2,1-2H3,(H,19,23)(H,20,21)/t10-,11+/m1/s1. The molecule has 0 saturated carbocycles. The normalized spacial score (nSPS) is 22.6. The molecule has 2 aromatic rings. The maximum atomic E-state index is 13.1. The van der Waals surface area contributed by atoms with Gasteiger partial charge in [0.2, 0.25) is 5.91 Å². The third-order valence-electron chi connectivity index (χ3n) is 4.71. The summed E-state index contributed by atoms with van der Waals surface area (Å²) < 4.78 is 5.77. The number of hydrogen-bond acceptors (Lipinski definition) is 4. The molecule has 3 heterocycles. The van der Waals surface area contributed by atoms with Crippen molar-refractivity contribution >= 4 is 17.5 Å². The molecule has 0 bridgehead atoms. The van der Waals surface area contributed by atoms with Crippen LogP contribution in [0, 0.1) is 0 Å². The average molecular weight is 340 g/mol. The van der Waals surface area contributed by atoms with Crippen molar-refractivity contribution in [2.75, 3.05) is 11.9 Å². The number of carbonyl (C=O) groups is 2. The first-order valence-corrected chi connectivity index (χ1v) is 8.42. The zero-order chi connectivity index (χ0) is 17.6. The lowest BCUT2D eigenvalue weighted by molar-refractivity contribution is -0.116. The number of nitrogens with one attached hydrogen (secondary N) is 2. The van der Waals surface area contributed by atoms with Crippen LogP contribution in [0.2, 0.25) is 0 Å². The summed E-state index contributed by atoms with van der Waals surface area (Å²) in [5, 5.41) is 10.0. The van der Waals surface area contributed by atoms with Gasteiger partial charge >= 0.3 is 0 Å². The van der Waals surface area contributed by atoms with E-state index < -0.39 is 0 Å². The number of aromatic amines is 1. The van der Waals surface area contributed by atoms with Crippen LogP contribution in [0.5, 0.6) is 0 Å². The quantitative estimate of drug-likeness (QED) is 0.831. The number of carbonyl (C=O) groups excluding carboxylic acids is 2. The Labute approximate surface area is 145 Å². The van der Waals surface area contributed by atoms with Crippen molar-refractivity contribution in [3.05, 3.63) is 46.8 Å². The van der Waals surface area contributed by atoms with Gasteiger partial charge in [0.15, 0.2) is 5.69 Å². The minimum Gasteiger partial charge on any atom is -0.369 e. The molecule has 2 amide bonds. The van der Waals surface area contributed by atoms with E-state index in [1.54, 1.807) is 4.90 Å². The molecule has 4 rings (SSSR count). The summed E-state index contributed by atoms with van der Waals surface area (Å²) in [5.41, 5.74) is 3.80. The Morgan fingerprint density at radius 2 is 2.08 bits per heavy atom. The molecule has 0 unspecified atom stereocenters. The van der Waals surface area contributed by atoms with Crippen molar-refractivity contribution in [2.24, 2.45) is 0 Å². The van der Waals surface area contributed by atoms with Gasteiger partial charge in [0, 0.05) is 24.2 Å². The lowest BCUT2D eigenvalue weighted by Gasteiger charge is -2.26. The number of nitrogens with zero attached hydrogens (tertiary/aromatic N) is 2. The van der Waals surface area contributed by atoms with E-state index in [9.17, 15) is 9.59 Å². The smallest absolute Gasteiger partial charge is 0.275 e. The predicted octanol–water partition coefficient (Wildman–Crippen LogP) is 2.03. The summed E-state index contributed by atoms with van der Waals surface area (Å²) in [6.45, 7) is 4.31. The second kappa shape index (κ2) is 6.00. The molecule has 2 aliphatic heterocycles. The Kier molecular flexibility index (Phi) is 3.80. The molecule has 25 heavy (non-hydrogen) atoms. The van der Waals surface area contributed by atoms with Crippen LogP contribution in [-0.4, -0.2) is 39.6 Å². The molecule has 2 aliphatic rings. The van der Waals surface area contributed by atoms with Gasteiger partial charge in [-0.1, -0.05) is 18.2 Å². The number of amides is 2. The molecule has 0 radical (unpaired) electrons. The summed E-state index contributed by atoms with van der Waals surface area (Å²) >= 11 is 0. The van der Waals surface area contributed by atoms with Crippen LogP contribution in [0.25, 0.3) is 0 Å².